The molecule has 5 nitrogen and oxygen atoms in total. The number of guanidine groups is 1. The van der Waals surface area contributed by atoms with Crippen molar-refractivity contribution in [3.63, 3.8) is 0 Å². The summed E-state index contributed by atoms with van der Waals surface area (Å²) >= 11 is 0. The Bertz CT molecular complexity index is 467. The molecule has 0 heterocycles. The van der Waals surface area contributed by atoms with Crippen LogP contribution < -0.4 is 15.4 Å². The van der Waals surface area contributed by atoms with Crippen LogP contribution in [-0.2, 0) is 11.3 Å². The molecule has 0 fully saturated rings. The number of rotatable bonds is 8. The zero-order valence-corrected chi connectivity index (χ0v) is 17.1. The second kappa shape index (κ2) is 12.4. The van der Waals surface area contributed by atoms with Gasteiger partial charge in [-0.2, -0.15) is 0 Å². The standard InChI is InChI=1S/C17H29N3O2.HI/c1-13(2)11-22-16-9-7-6-8-15(16)10-19-17(18-4)20-14(3)12-21-5;/h6-9,13-14H,10-12H2,1-5H3,(H2,18,19,20);1H. The molecule has 0 spiro atoms. The zero-order chi connectivity index (χ0) is 16.4. The molecular formula is C17H30IN3O2. The van der Waals surface area contributed by atoms with Crippen LogP contribution in [0.15, 0.2) is 29.3 Å². The Morgan fingerprint density at radius 3 is 2.48 bits per heavy atom. The lowest BCUT2D eigenvalue weighted by Gasteiger charge is -2.18. The number of hydrogen-bond donors (Lipinski definition) is 2. The van der Waals surface area contributed by atoms with Crippen molar-refractivity contribution in [1.82, 2.24) is 10.6 Å². The number of aliphatic imine (C=N–C) groups is 1. The Kier molecular flexibility index (Phi) is 11.9. The van der Waals surface area contributed by atoms with Crippen LogP contribution >= 0.6 is 24.0 Å². The molecule has 0 amide bonds. The minimum Gasteiger partial charge on any atom is -0.493 e. The number of para-hydroxylation sites is 1. The number of methoxy groups -OCH3 is 1. The summed E-state index contributed by atoms with van der Waals surface area (Å²) in [6.07, 6.45) is 0. The Labute approximate surface area is 157 Å². The van der Waals surface area contributed by atoms with Crippen LogP contribution in [0, 0.1) is 5.92 Å². The van der Waals surface area contributed by atoms with Crippen molar-refractivity contribution in [2.45, 2.75) is 33.4 Å². The van der Waals surface area contributed by atoms with E-state index in [0.717, 1.165) is 23.9 Å². The number of ether oxygens (including phenoxy) is 2. The van der Waals surface area contributed by atoms with Gasteiger partial charge in [-0.3, -0.25) is 4.99 Å². The molecule has 1 unspecified atom stereocenters. The molecule has 0 aromatic heterocycles. The van der Waals surface area contributed by atoms with Gasteiger partial charge in [-0.25, -0.2) is 0 Å². The first-order chi connectivity index (χ1) is 10.6. The summed E-state index contributed by atoms with van der Waals surface area (Å²) in [5.41, 5.74) is 1.12. The summed E-state index contributed by atoms with van der Waals surface area (Å²) in [5, 5.41) is 6.59. The van der Waals surface area contributed by atoms with Crippen LogP contribution in [-0.4, -0.2) is 39.4 Å². The molecule has 0 bridgehead atoms. The van der Waals surface area contributed by atoms with Gasteiger partial charge in [-0.05, 0) is 18.9 Å². The van der Waals surface area contributed by atoms with Crippen molar-refractivity contribution < 1.29 is 9.47 Å². The summed E-state index contributed by atoms with van der Waals surface area (Å²) in [6, 6.07) is 8.27. The summed E-state index contributed by atoms with van der Waals surface area (Å²) < 4.78 is 11.0. The smallest absolute Gasteiger partial charge is 0.191 e. The van der Waals surface area contributed by atoms with E-state index in [1.54, 1.807) is 14.2 Å². The van der Waals surface area contributed by atoms with Gasteiger partial charge in [0.2, 0.25) is 0 Å². The molecule has 23 heavy (non-hydrogen) atoms. The fourth-order valence-corrected chi connectivity index (χ4v) is 1.95. The lowest BCUT2D eigenvalue weighted by Crippen LogP contribution is -2.43. The van der Waals surface area contributed by atoms with E-state index in [1.165, 1.54) is 0 Å². The molecule has 1 rings (SSSR count). The average molecular weight is 435 g/mol. The van der Waals surface area contributed by atoms with Gasteiger partial charge < -0.3 is 20.1 Å². The van der Waals surface area contributed by atoms with Gasteiger partial charge in [0.1, 0.15) is 5.75 Å². The van der Waals surface area contributed by atoms with E-state index in [-0.39, 0.29) is 30.0 Å². The van der Waals surface area contributed by atoms with E-state index in [9.17, 15) is 0 Å². The second-order valence-corrected chi connectivity index (χ2v) is 5.74. The molecule has 1 aromatic carbocycles. The number of halogens is 1. The van der Waals surface area contributed by atoms with Crippen molar-refractivity contribution in [3.05, 3.63) is 29.8 Å². The van der Waals surface area contributed by atoms with Crippen LogP contribution in [0.1, 0.15) is 26.3 Å². The van der Waals surface area contributed by atoms with Crippen molar-refractivity contribution in [2.24, 2.45) is 10.9 Å². The predicted molar refractivity (Wildman–Crippen MR) is 107 cm³/mol. The van der Waals surface area contributed by atoms with Crippen LogP contribution in [0.4, 0.5) is 0 Å². The maximum absolute atomic E-state index is 5.86. The largest absolute Gasteiger partial charge is 0.493 e. The summed E-state index contributed by atoms with van der Waals surface area (Å²) in [7, 11) is 3.45. The fraction of sp³-hybridized carbons (Fsp3) is 0.588. The van der Waals surface area contributed by atoms with Crippen LogP contribution in [0.3, 0.4) is 0 Å². The fourth-order valence-electron chi connectivity index (χ4n) is 1.95. The van der Waals surface area contributed by atoms with Gasteiger partial charge in [0.05, 0.1) is 13.2 Å². The van der Waals surface area contributed by atoms with E-state index in [0.29, 0.717) is 19.1 Å². The molecule has 0 aliphatic carbocycles. The predicted octanol–water partition coefficient (Wildman–Crippen LogP) is 3.04. The average Bonchev–Trinajstić information content (AvgIpc) is 2.50. The molecule has 1 aromatic rings. The minimum absolute atomic E-state index is 0. The minimum atomic E-state index is 0. The molecule has 0 saturated heterocycles. The van der Waals surface area contributed by atoms with Crippen LogP contribution in [0.5, 0.6) is 5.75 Å². The Hall–Kier alpha value is -1.02. The lowest BCUT2D eigenvalue weighted by molar-refractivity contribution is 0.179. The topological polar surface area (TPSA) is 54.9 Å². The van der Waals surface area contributed by atoms with E-state index in [1.807, 2.05) is 18.2 Å². The quantitative estimate of drug-likeness (QED) is 0.375. The number of hydrogen-bond acceptors (Lipinski definition) is 3. The third-order valence-corrected chi connectivity index (χ3v) is 3.01. The molecule has 0 saturated carbocycles. The molecule has 132 valence electrons. The van der Waals surface area contributed by atoms with Gasteiger partial charge in [-0.1, -0.05) is 32.0 Å². The van der Waals surface area contributed by atoms with Gasteiger partial charge in [-0.15, -0.1) is 24.0 Å². The molecule has 2 N–H and O–H groups in total. The molecule has 6 heteroatoms. The molecule has 0 radical (unpaired) electrons. The van der Waals surface area contributed by atoms with Crippen LogP contribution in [0.2, 0.25) is 0 Å². The highest BCUT2D eigenvalue weighted by Crippen LogP contribution is 2.18. The second-order valence-electron chi connectivity index (χ2n) is 5.74. The van der Waals surface area contributed by atoms with Gasteiger partial charge in [0, 0.05) is 32.3 Å². The zero-order valence-electron chi connectivity index (χ0n) is 14.8. The monoisotopic (exact) mass is 435 g/mol. The third-order valence-electron chi connectivity index (χ3n) is 3.01. The number of nitrogens with zero attached hydrogens (tertiary/aromatic N) is 1. The first-order valence-corrected chi connectivity index (χ1v) is 7.73. The lowest BCUT2D eigenvalue weighted by atomic mass is 10.2. The molecular weight excluding hydrogens is 405 g/mol. The number of benzene rings is 1. The van der Waals surface area contributed by atoms with Crippen molar-refractivity contribution >= 4 is 29.9 Å². The Morgan fingerprint density at radius 1 is 1.17 bits per heavy atom. The Morgan fingerprint density at radius 2 is 1.87 bits per heavy atom. The number of nitrogens with one attached hydrogen (secondary N) is 2. The highest BCUT2D eigenvalue weighted by Gasteiger charge is 2.07. The molecule has 0 aliphatic heterocycles. The van der Waals surface area contributed by atoms with Gasteiger partial charge in [0.25, 0.3) is 0 Å². The first-order valence-electron chi connectivity index (χ1n) is 7.73. The van der Waals surface area contributed by atoms with Gasteiger partial charge in [0.15, 0.2) is 5.96 Å². The maximum atomic E-state index is 5.86. The summed E-state index contributed by atoms with van der Waals surface area (Å²) in [5.74, 6) is 2.18. The Balaban J connectivity index is 0.00000484. The third kappa shape index (κ3) is 9.00. The van der Waals surface area contributed by atoms with E-state index in [4.69, 9.17) is 9.47 Å². The highest BCUT2D eigenvalue weighted by atomic mass is 127. The van der Waals surface area contributed by atoms with Crippen molar-refractivity contribution in [1.29, 1.82) is 0 Å². The van der Waals surface area contributed by atoms with E-state index < -0.39 is 0 Å². The molecule has 0 aliphatic rings. The SMILES string of the molecule is CN=C(NCc1ccccc1OCC(C)C)NC(C)COC.I. The summed E-state index contributed by atoms with van der Waals surface area (Å²) in [4.78, 5) is 4.23. The van der Waals surface area contributed by atoms with Crippen molar-refractivity contribution in [3.8, 4) is 5.75 Å². The first kappa shape index (κ1) is 22.0. The van der Waals surface area contributed by atoms with E-state index in [2.05, 4.69) is 42.5 Å². The highest BCUT2D eigenvalue weighted by molar-refractivity contribution is 14.0. The van der Waals surface area contributed by atoms with E-state index >= 15 is 0 Å². The van der Waals surface area contributed by atoms with Crippen LogP contribution in [0.25, 0.3) is 0 Å². The van der Waals surface area contributed by atoms with Gasteiger partial charge >= 0.3 is 0 Å². The normalized spacial score (nSPS) is 12.5. The van der Waals surface area contributed by atoms with Crippen molar-refractivity contribution in [2.75, 3.05) is 27.4 Å². The maximum Gasteiger partial charge on any atom is 0.191 e. The molecule has 1 atom stereocenters. The summed E-state index contributed by atoms with van der Waals surface area (Å²) in [6.45, 7) is 8.35.